The van der Waals surface area contributed by atoms with Gasteiger partial charge in [-0.05, 0) is 48.2 Å². The van der Waals surface area contributed by atoms with Crippen LogP contribution in [-0.2, 0) is 41.7 Å². The Morgan fingerprint density at radius 3 is 2.00 bits per heavy atom. The topological polar surface area (TPSA) is 157 Å². The number of rotatable bonds is 13. The van der Waals surface area contributed by atoms with Crippen LogP contribution in [0.5, 0.6) is 0 Å². The number of benzene rings is 4. The van der Waals surface area contributed by atoms with E-state index in [0.717, 1.165) is 26.8 Å². The van der Waals surface area contributed by atoms with Crippen molar-refractivity contribution in [1.29, 1.82) is 0 Å². The number of carbonyl (C=O) groups excluding carboxylic acids is 5. The Labute approximate surface area is 285 Å². The lowest BCUT2D eigenvalue weighted by atomic mass is 9.98. The van der Waals surface area contributed by atoms with Crippen molar-refractivity contribution in [2.45, 2.75) is 63.9 Å². The normalized spacial score (nSPS) is 13.0. The smallest absolute Gasteiger partial charge is 0.410 e. The number of hydrogen-bond acceptors (Lipinski definition) is 7. The number of amides is 4. The predicted molar refractivity (Wildman–Crippen MR) is 185 cm³/mol. The second-order valence-electron chi connectivity index (χ2n) is 12.6. The van der Waals surface area contributed by atoms with Crippen LogP contribution in [0.15, 0.2) is 103 Å². The number of hydrogen-bond donors (Lipinski definition) is 3. The van der Waals surface area contributed by atoms with Gasteiger partial charge >= 0.3 is 12.1 Å². The summed E-state index contributed by atoms with van der Waals surface area (Å²) in [6, 6.07) is 26.7. The van der Waals surface area contributed by atoms with E-state index in [1.807, 2.05) is 48.5 Å². The highest BCUT2D eigenvalue weighted by molar-refractivity contribution is 5.96. The molecule has 11 heteroatoms. The van der Waals surface area contributed by atoms with Gasteiger partial charge in [0.15, 0.2) is 0 Å². The quantitative estimate of drug-likeness (QED) is 0.176. The summed E-state index contributed by atoms with van der Waals surface area (Å²) in [6.07, 6.45) is -1.28. The highest BCUT2D eigenvalue weighted by Gasteiger charge is 2.35. The Balaban J connectivity index is 1.60. The van der Waals surface area contributed by atoms with Crippen LogP contribution in [0, 0.1) is 0 Å². The van der Waals surface area contributed by atoms with Gasteiger partial charge in [0.1, 0.15) is 30.3 Å². The van der Waals surface area contributed by atoms with Gasteiger partial charge in [-0.3, -0.25) is 24.1 Å². The highest BCUT2D eigenvalue weighted by atomic mass is 16.6. The Morgan fingerprint density at radius 2 is 1.35 bits per heavy atom. The lowest BCUT2D eigenvalue weighted by molar-refractivity contribution is -0.147. The third-order valence-electron chi connectivity index (χ3n) is 7.64. The Bertz CT molecular complexity index is 1770. The molecule has 0 aromatic heterocycles. The predicted octanol–water partition coefficient (Wildman–Crippen LogP) is 4.58. The van der Waals surface area contributed by atoms with Crippen molar-refractivity contribution < 1.29 is 33.4 Å². The first-order valence-corrected chi connectivity index (χ1v) is 15.9. The van der Waals surface area contributed by atoms with E-state index in [1.54, 1.807) is 75.4 Å². The van der Waals surface area contributed by atoms with Gasteiger partial charge < -0.3 is 25.8 Å². The summed E-state index contributed by atoms with van der Waals surface area (Å²) in [5, 5.41) is 7.09. The molecule has 0 saturated heterocycles. The second-order valence-corrected chi connectivity index (χ2v) is 12.6. The molecule has 0 aliphatic carbocycles. The minimum absolute atomic E-state index is 0.0546. The summed E-state index contributed by atoms with van der Waals surface area (Å²) in [4.78, 5) is 67.8. The Morgan fingerprint density at radius 1 is 0.755 bits per heavy atom. The molecule has 4 N–H and O–H groups in total. The first-order valence-electron chi connectivity index (χ1n) is 15.9. The van der Waals surface area contributed by atoms with Crippen molar-refractivity contribution >= 4 is 40.6 Å². The molecule has 0 spiro atoms. The fraction of sp³-hybridized carbons (Fsp3) is 0.289. The van der Waals surface area contributed by atoms with Gasteiger partial charge in [-0.2, -0.15) is 0 Å². The van der Waals surface area contributed by atoms with Crippen LogP contribution in [0.4, 0.5) is 4.79 Å². The molecule has 0 unspecified atom stereocenters. The zero-order valence-corrected chi connectivity index (χ0v) is 28.1. The van der Waals surface area contributed by atoms with Crippen molar-refractivity contribution in [2.75, 3.05) is 7.05 Å². The Kier molecular flexibility index (Phi) is 12.1. The summed E-state index contributed by atoms with van der Waals surface area (Å²) < 4.78 is 10.9. The molecule has 0 bridgehead atoms. The van der Waals surface area contributed by atoms with Crippen molar-refractivity contribution in [3.05, 3.63) is 120 Å². The van der Waals surface area contributed by atoms with Gasteiger partial charge in [-0.25, -0.2) is 4.79 Å². The molecule has 4 rings (SSSR count). The van der Waals surface area contributed by atoms with E-state index >= 15 is 0 Å². The van der Waals surface area contributed by atoms with Crippen molar-refractivity contribution in [1.82, 2.24) is 15.5 Å². The maximum Gasteiger partial charge on any atom is 0.410 e. The standard InChI is InChI=1S/C38H42N4O7/c1-38(2,3)49-37(47)42(4)33(27-17-9-6-10-18-27)36(46)41-31(23-32(43)48-24-25-14-7-5-8-15-25)35(45)40-30(34(39)44)22-28-20-13-19-26-16-11-12-21-29(26)28/h5-21,30-31,33H,22-24H2,1-4H3,(H2,39,44)(H,40,45)(H,41,46)/t30-,31-,33-/m0/s1. The molecule has 0 radical (unpaired) electrons. The SMILES string of the molecule is CN(C(=O)OC(C)(C)C)[C@H](C(=O)N[C@@H](CC(=O)OCc1ccccc1)C(=O)N[C@@H](Cc1cccc2ccccc12)C(N)=O)c1ccccc1. The summed E-state index contributed by atoms with van der Waals surface area (Å²) in [7, 11) is 1.40. The molecule has 0 aliphatic heterocycles. The summed E-state index contributed by atoms with van der Waals surface area (Å²) in [6.45, 7) is 5.04. The van der Waals surface area contributed by atoms with Crippen LogP contribution in [0.2, 0.25) is 0 Å². The van der Waals surface area contributed by atoms with E-state index in [-0.39, 0.29) is 13.0 Å². The minimum Gasteiger partial charge on any atom is -0.461 e. The fourth-order valence-corrected chi connectivity index (χ4v) is 5.23. The first kappa shape index (κ1) is 36.1. The number of nitrogens with one attached hydrogen (secondary N) is 2. The highest BCUT2D eigenvalue weighted by Crippen LogP contribution is 2.23. The van der Waals surface area contributed by atoms with Crippen molar-refractivity contribution in [2.24, 2.45) is 5.73 Å². The van der Waals surface area contributed by atoms with Gasteiger partial charge in [0.05, 0.1) is 6.42 Å². The average Bonchev–Trinajstić information content (AvgIpc) is 3.07. The molecule has 49 heavy (non-hydrogen) atoms. The molecule has 4 aromatic rings. The molecular formula is C38H42N4O7. The van der Waals surface area contributed by atoms with Gasteiger partial charge in [-0.15, -0.1) is 0 Å². The molecular weight excluding hydrogens is 624 g/mol. The molecule has 11 nitrogen and oxygen atoms in total. The van der Waals surface area contributed by atoms with E-state index in [4.69, 9.17) is 15.2 Å². The lowest BCUT2D eigenvalue weighted by Crippen LogP contribution is -2.56. The number of ether oxygens (including phenoxy) is 2. The van der Waals surface area contributed by atoms with E-state index < -0.39 is 59.9 Å². The van der Waals surface area contributed by atoms with E-state index in [1.165, 1.54) is 7.05 Å². The molecule has 0 heterocycles. The molecule has 3 atom stereocenters. The summed E-state index contributed by atoms with van der Waals surface area (Å²) in [5.41, 5.74) is 6.84. The first-order chi connectivity index (χ1) is 23.3. The van der Waals surface area contributed by atoms with Gasteiger partial charge in [-0.1, -0.05) is 103 Å². The molecule has 4 amide bonds. The van der Waals surface area contributed by atoms with Gasteiger partial charge in [0, 0.05) is 13.5 Å². The lowest BCUT2D eigenvalue weighted by Gasteiger charge is -2.31. The zero-order chi connectivity index (χ0) is 35.6. The molecule has 0 fully saturated rings. The fourth-order valence-electron chi connectivity index (χ4n) is 5.23. The van der Waals surface area contributed by atoms with Gasteiger partial charge in [0.2, 0.25) is 17.7 Å². The van der Waals surface area contributed by atoms with Crippen LogP contribution < -0.4 is 16.4 Å². The largest absolute Gasteiger partial charge is 0.461 e. The third-order valence-corrected chi connectivity index (χ3v) is 7.64. The van der Waals surface area contributed by atoms with Crippen LogP contribution in [0.25, 0.3) is 10.8 Å². The summed E-state index contributed by atoms with van der Waals surface area (Å²) in [5.74, 6) is -3.17. The van der Waals surface area contributed by atoms with E-state index in [0.29, 0.717) is 5.56 Å². The average molecular weight is 667 g/mol. The third kappa shape index (κ3) is 10.4. The second kappa shape index (κ2) is 16.4. The van der Waals surface area contributed by atoms with Crippen LogP contribution in [-0.4, -0.2) is 59.4 Å². The maximum atomic E-state index is 14.0. The van der Waals surface area contributed by atoms with Crippen LogP contribution >= 0.6 is 0 Å². The zero-order valence-electron chi connectivity index (χ0n) is 28.1. The number of fused-ring (bicyclic) bond motifs is 1. The number of primary amides is 1. The van der Waals surface area contributed by atoms with E-state index in [2.05, 4.69) is 10.6 Å². The maximum absolute atomic E-state index is 14.0. The van der Waals surface area contributed by atoms with Crippen molar-refractivity contribution in [3.63, 3.8) is 0 Å². The Hall–Kier alpha value is -5.71. The van der Waals surface area contributed by atoms with E-state index in [9.17, 15) is 24.0 Å². The molecule has 256 valence electrons. The molecule has 0 aliphatic rings. The number of carbonyl (C=O) groups is 5. The molecule has 0 saturated carbocycles. The number of nitrogens with two attached hydrogens (primary N) is 1. The number of esters is 1. The van der Waals surface area contributed by atoms with Crippen LogP contribution in [0.3, 0.4) is 0 Å². The molecule has 4 aromatic carbocycles. The summed E-state index contributed by atoms with van der Waals surface area (Å²) >= 11 is 0. The van der Waals surface area contributed by atoms with Crippen LogP contribution in [0.1, 0.15) is 49.9 Å². The number of nitrogens with zero attached hydrogens (tertiary/aromatic N) is 1. The number of likely N-dealkylation sites (N-methyl/N-ethyl adjacent to an activating group) is 1. The minimum atomic E-state index is -1.50. The van der Waals surface area contributed by atoms with Crippen molar-refractivity contribution in [3.8, 4) is 0 Å². The monoisotopic (exact) mass is 666 g/mol. The van der Waals surface area contributed by atoms with Gasteiger partial charge in [0.25, 0.3) is 0 Å².